The lowest BCUT2D eigenvalue weighted by Gasteiger charge is -2.17. The second-order valence-corrected chi connectivity index (χ2v) is 5.75. The maximum atomic E-state index is 6.11. The summed E-state index contributed by atoms with van der Waals surface area (Å²) in [6.45, 7) is 5.09. The van der Waals surface area contributed by atoms with Crippen molar-refractivity contribution in [1.29, 1.82) is 0 Å². The molecule has 0 spiro atoms. The van der Waals surface area contributed by atoms with Crippen molar-refractivity contribution in [2.45, 2.75) is 71.1 Å². The summed E-state index contributed by atoms with van der Waals surface area (Å²) in [6.07, 6.45) is 9.97. The molecule has 1 fully saturated rings. The van der Waals surface area contributed by atoms with Crippen molar-refractivity contribution < 1.29 is 4.74 Å². The Morgan fingerprint density at radius 2 is 2.00 bits per heavy atom. The zero-order valence-electron chi connectivity index (χ0n) is 12.2. The van der Waals surface area contributed by atoms with Crippen LogP contribution in [0.25, 0.3) is 0 Å². The van der Waals surface area contributed by atoms with Crippen molar-refractivity contribution in [2.75, 3.05) is 0 Å². The van der Waals surface area contributed by atoms with Crippen LogP contribution >= 0.6 is 0 Å². The predicted molar refractivity (Wildman–Crippen MR) is 78.3 cm³/mol. The molecule has 1 aliphatic rings. The van der Waals surface area contributed by atoms with Gasteiger partial charge in [-0.2, -0.15) is 0 Å². The first kappa shape index (κ1) is 14.3. The maximum absolute atomic E-state index is 6.11. The Kier molecular flexibility index (Phi) is 5.64. The van der Waals surface area contributed by atoms with Crippen molar-refractivity contribution in [3.63, 3.8) is 0 Å². The molecule has 0 amide bonds. The number of ether oxygens (including phenoxy) is 1. The number of nitrogens with one attached hydrogen (secondary N) is 1. The SMILES string of the molecule is CC(C)NCc1cc(OC2CCCCCC2)ccn1. The van der Waals surface area contributed by atoms with Gasteiger partial charge in [0.05, 0.1) is 11.8 Å². The Hall–Kier alpha value is -1.09. The van der Waals surface area contributed by atoms with Crippen LogP contribution in [-0.2, 0) is 6.54 Å². The largest absolute Gasteiger partial charge is 0.490 e. The van der Waals surface area contributed by atoms with Gasteiger partial charge in [0.25, 0.3) is 0 Å². The highest BCUT2D eigenvalue weighted by Gasteiger charge is 2.13. The van der Waals surface area contributed by atoms with Crippen LogP contribution < -0.4 is 10.1 Å². The molecule has 0 atom stereocenters. The van der Waals surface area contributed by atoms with Crippen LogP contribution in [0.1, 0.15) is 58.1 Å². The molecule has 106 valence electrons. The van der Waals surface area contributed by atoms with E-state index in [0.29, 0.717) is 12.1 Å². The third kappa shape index (κ3) is 5.19. The van der Waals surface area contributed by atoms with E-state index in [2.05, 4.69) is 30.2 Å². The number of nitrogens with zero attached hydrogens (tertiary/aromatic N) is 1. The van der Waals surface area contributed by atoms with Crippen LogP contribution in [0.5, 0.6) is 5.75 Å². The number of pyridine rings is 1. The minimum absolute atomic E-state index is 0.399. The number of hydrogen-bond donors (Lipinski definition) is 1. The van der Waals surface area contributed by atoms with Crippen LogP contribution in [0.3, 0.4) is 0 Å². The minimum atomic E-state index is 0.399. The van der Waals surface area contributed by atoms with Gasteiger partial charge >= 0.3 is 0 Å². The molecule has 0 bridgehead atoms. The van der Waals surface area contributed by atoms with Gasteiger partial charge in [-0.3, -0.25) is 4.98 Å². The molecule has 19 heavy (non-hydrogen) atoms. The van der Waals surface area contributed by atoms with Gasteiger partial charge in [0.1, 0.15) is 5.75 Å². The fourth-order valence-corrected chi connectivity index (χ4v) is 2.49. The summed E-state index contributed by atoms with van der Waals surface area (Å²) < 4.78 is 6.11. The van der Waals surface area contributed by atoms with Gasteiger partial charge in [-0.1, -0.05) is 26.7 Å². The molecular formula is C16H26N2O. The molecule has 1 heterocycles. The first-order valence-corrected chi connectivity index (χ1v) is 7.59. The molecule has 3 heteroatoms. The maximum Gasteiger partial charge on any atom is 0.123 e. The third-order valence-electron chi connectivity index (χ3n) is 3.58. The van der Waals surface area contributed by atoms with Gasteiger partial charge in [-0.05, 0) is 31.7 Å². The lowest BCUT2D eigenvalue weighted by Crippen LogP contribution is -2.22. The highest BCUT2D eigenvalue weighted by atomic mass is 16.5. The molecule has 1 saturated carbocycles. The lowest BCUT2D eigenvalue weighted by atomic mass is 10.1. The molecule has 1 aliphatic carbocycles. The van der Waals surface area contributed by atoms with Gasteiger partial charge < -0.3 is 10.1 Å². The summed E-state index contributed by atoms with van der Waals surface area (Å²) in [5, 5.41) is 3.38. The number of rotatable bonds is 5. The zero-order chi connectivity index (χ0) is 13.5. The minimum Gasteiger partial charge on any atom is -0.490 e. The average molecular weight is 262 g/mol. The fourth-order valence-electron chi connectivity index (χ4n) is 2.49. The van der Waals surface area contributed by atoms with E-state index in [4.69, 9.17) is 4.74 Å². The predicted octanol–water partition coefficient (Wildman–Crippen LogP) is 3.68. The Bertz CT molecular complexity index is 371. The van der Waals surface area contributed by atoms with Crippen molar-refractivity contribution in [1.82, 2.24) is 10.3 Å². The highest BCUT2D eigenvalue weighted by Crippen LogP contribution is 2.22. The fraction of sp³-hybridized carbons (Fsp3) is 0.688. The van der Waals surface area contributed by atoms with E-state index in [-0.39, 0.29) is 0 Å². The first-order valence-electron chi connectivity index (χ1n) is 7.59. The molecular weight excluding hydrogens is 236 g/mol. The van der Waals surface area contributed by atoms with Crippen LogP contribution in [0.4, 0.5) is 0 Å². The zero-order valence-corrected chi connectivity index (χ0v) is 12.2. The van der Waals surface area contributed by atoms with E-state index >= 15 is 0 Å². The molecule has 2 rings (SSSR count). The molecule has 0 aliphatic heterocycles. The third-order valence-corrected chi connectivity index (χ3v) is 3.58. The van der Waals surface area contributed by atoms with Gasteiger partial charge in [-0.15, -0.1) is 0 Å². The van der Waals surface area contributed by atoms with E-state index in [1.807, 2.05) is 12.3 Å². The average Bonchev–Trinajstić information content (AvgIpc) is 2.65. The lowest BCUT2D eigenvalue weighted by molar-refractivity contribution is 0.183. The normalized spacial score (nSPS) is 17.4. The van der Waals surface area contributed by atoms with E-state index in [1.54, 1.807) is 0 Å². The first-order chi connectivity index (χ1) is 9.24. The monoisotopic (exact) mass is 262 g/mol. The van der Waals surface area contributed by atoms with Crippen molar-refractivity contribution >= 4 is 0 Å². The molecule has 0 saturated heterocycles. The summed E-state index contributed by atoms with van der Waals surface area (Å²) in [5.74, 6) is 0.974. The van der Waals surface area contributed by atoms with E-state index in [1.165, 1.54) is 38.5 Å². The summed E-state index contributed by atoms with van der Waals surface area (Å²) in [4.78, 5) is 4.38. The van der Waals surface area contributed by atoms with Crippen molar-refractivity contribution in [2.24, 2.45) is 0 Å². The molecule has 0 radical (unpaired) electrons. The van der Waals surface area contributed by atoms with E-state index < -0.39 is 0 Å². The second-order valence-electron chi connectivity index (χ2n) is 5.75. The van der Waals surface area contributed by atoms with Gasteiger partial charge in [0.2, 0.25) is 0 Å². The van der Waals surface area contributed by atoms with Gasteiger partial charge in [0, 0.05) is 24.8 Å². The summed E-state index contributed by atoms with van der Waals surface area (Å²) in [5.41, 5.74) is 1.06. The summed E-state index contributed by atoms with van der Waals surface area (Å²) in [7, 11) is 0. The Balaban J connectivity index is 1.90. The topological polar surface area (TPSA) is 34.1 Å². The second kappa shape index (κ2) is 7.49. The molecule has 1 aromatic heterocycles. The van der Waals surface area contributed by atoms with E-state index in [0.717, 1.165) is 18.0 Å². The Morgan fingerprint density at radius 3 is 2.68 bits per heavy atom. The quantitative estimate of drug-likeness (QED) is 0.822. The molecule has 0 aromatic carbocycles. The van der Waals surface area contributed by atoms with Gasteiger partial charge in [0.15, 0.2) is 0 Å². The molecule has 3 nitrogen and oxygen atoms in total. The Labute approximate surface area is 116 Å². The van der Waals surface area contributed by atoms with Gasteiger partial charge in [-0.25, -0.2) is 0 Å². The van der Waals surface area contributed by atoms with Crippen LogP contribution in [0.2, 0.25) is 0 Å². The molecule has 1 N–H and O–H groups in total. The number of aromatic nitrogens is 1. The van der Waals surface area contributed by atoms with Crippen molar-refractivity contribution in [3.05, 3.63) is 24.0 Å². The van der Waals surface area contributed by atoms with Crippen LogP contribution in [-0.4, -0.2) is 17.1 Å². The Morgan fingerprint density at radius 1 is 1.26 bits per heavy atom. The number of hydrogen-bond acceptors (Lipinski definition) is 3. The van der Waals surface area contributed by atoms with Crippen molar-refractivity contribution in [3.8, 4) is 5.75 Å². The smallest absolute Gasteiger partial charge is 0.123 e. The van der Waals surface area contributed by atoms with E-state index in [9.17, 15) is 0 Å². The van der Waals surface area contributed by atoms with Crippen LogP contribution in [0, 0.1) is 0 Å². The highest BCUT2D eigenvalue weighted by molar-refractivity contribution is 5.23. The molecule has 0 unspecified atom stereocenters. The summed E-state index contributed by atoms with van der Waals surface area (Å²) >= 11 is 0. The standard InChI is InChI=1S/C16H26N2O/c1-13(2)18-12-14-11-16(9-10-17-14)19-15-7-5-3-4-6-8-15/h9-11,13,15,18H,3-8,12H2,1-2H3. The van der Waals surface area contributed by atoms with Crippen LogP contribution in [0.15, 0.2) is 18.3 Å². The molecule has 1 aromatic rings. The summed E-state index contributed by atoms with van der Waals surface area (Å²) in [6, 6.07) is 4.53.